The Morgan fingerprint density at radius 2 is 1.79 bits per heavy atom. The van der Waals surface area contributed by atoms with E-state index in [1.54, 1.807) is 6.20 Å². The molecular formula is C11H9Cl3N2O2S. The quantitative estimate of drug-likeness (QED) is 0.578. The van der Waals surface area contributed by atoms with E-state index in [1.807, 2.05) is 5.38 Å². The first-order valence-corrected chi connectivity index (χ1v) is 7.24. The predicted molar refractivity (Wildman–Crippen MR) is 79.1 cm³/mol. The molecule has 0 aliphatic carbocycles. The van der Waals surface area contributed by atoms with Crippen molar-refractivity contribution in [2.75, 3.05) is 11.9 Å². The van der Waals surface area contributed by atoms with Gasteiger partial charge in [-0.25, -0.2) is 4.98 Å². The van der Waals surface area contributed by atoms with Gasteiger partial charge in [-0.1, -0.05) is 34.8 Å². The fourth-order valence-electron chi connectivity index (χ4n) is 1.52. The summed E-state index contributed by atoms with van der Waals surface area (Å²) in [5, 5.41) is 25.0. The molecule has 0 bridgehead atoms. The van der Waals surface area contributed by atoms with Gasteiger partial charge in [0.2, 0.25) is 0 Å². The Hall–Kier alpha value is -0.880. The van der Waals surface area contributed by atoms with Crippen LogP contribution in [-0.4, -0.2) is 21.7 Å². The van der Waals surface area contributed by atoms with Gasteiger partial charge < -0.3 is 15.5 Å². The number of halogens is 3. The Labute approximate surface area is 128 Å². The van der Waals surface area contributed by atoms with Gasteiger partial charge in [-0.05, 0) is 6.42 Å². The number of nitrogens with zero attached hydrogens (tertiary/aromatic N) is 1. The molecule has 102 valence electrons. The maximum atomic E-state index is 9.89. The van der Waals surface area contributed by atoms with E-state index < -0.39 is 0 Å². The minimum absolute atomic E-state index is 0.00726. The van der Waals surface area contributed by atoms with E-state index in [1.165, 1.54) is 11.3 Å². The van der Waals surface area contributed by atoms with Crippen LogP contribution in [0.4, 0.5) is 5.13 Å². The summed E-state index contributed by atoms with van der Waals surface area (Å²) in [6, 6.07) is 0. The highest BCUT2D eigenvalue weighted by Gasteiger charge is 2.20. The average Bonchev–Trinajstić information content (AvgIpc) is 2.91. The third-order valence-electron chi connectivity index (χ3n) is 2.45. The van der Waals surface area contributed by atoms with E-state index in [-0.39, 0.29) is 26.6 Å². The maximum absolute atomic E-state index is 9.89. The molecular weight excluding hydrogens is 331 g/mol. The number of aromatic nitrogens is 1. The van der Waals surface area contributed by atoms with Gasteiger partial charge in [0.1, 0.15) is 15.8 Å². The summed E-state index contributed by atoms with van der Waals surface area (Å²) in [6.07, 6.45) is 2.05. The van der Waals surface area contributed by atoms with Crippen molar-refractivity contribution in [3.05, 3.63) is 32.2 Å². The van der Waals surface area contributed by atoms with E-state index in [2.05, 4.69) is 10.3 Å². The molecule has 4 nitrogen and oxygen atoms in total. The highest BCUT2D eigenvalue weighted by atomic mass is 35.5. The number of phenolic OH excluding ortho intramolecular Hbond substituents is 2. The molecule has 0 radical (unpaired) electrons. The van der Waals surface area contributed by atoms with E-state index in [0.717, 1.165) is 5.13 Å². The summed E-state index contributed by atoms with van der Waals surface area (Å²) in [6.45, 7) is 0.484. The highest BCUT2D eigenvalue weighted by molar-refractivity contribution is 7.13. The van der Waals surface area contributed by atoms with Crippen molar-refractivity contribution in [3.63, 3.8) is 0 Å². The van der Waals surface area contributed by atoms with Crippen LogP contribution in [0, 0.1) is 0 Å². The van der Waals surface area contributed by atoms with Gasteiger partial charge in [-0.2, -0.15) is 0 Å². The number of phenols is 2. The lowest BCUT2D eigenvalue weighted by atomic mass is 10.1. The van der Waals surface area contributed by atoms with Crippen molar-refractivity contribution < 1.29 is 10.2 Å². The average molecular weight is 340 g/mol. The topological polar surface area (TPSA) is 65.4 Å². The van der Waals surface area contributed by atoms with Gasteiger partial charge in [-0.15, -0.1) is 11.3 Å². The molecule has 1 aromatic heterocycles. The molecule has 2 aromatic rings. The Kier molecular flexibility index (Phi) is 4.62. The number of nitrogens with one attached hydrogen (secondary N) is 1. The van der Waals surface area contributed by atoms with Gasteiger partial charge in [0.05, 0.1) is 5.02 Å². The molecule has 0 unspecified atom stereocenters. The van der Waals surface area contributed by atoms with Crippen LogP contribution >= 0.6 is 46.1 Å². The third-order valence-corrected chi connectivity index (χ3v) is 4.42. The van der Waals surface area contributed by atoms with Crippen LogP contribution in [-0.2, 0) is 6.42 Å². The first-order chi connectivity index (χ1) is 9.02. The Morgan fingerprint density at radius 3 is 2.42 bits per heavy atom. The van der Waals surface area contributed by atoms with Gasteiger partial charge >= 0.3 is 0 Å². The minimum atomic E-state index is -0.324. The number of thiazole rings is 1. The van der Waals surface area contributed by atoms with Crippen LogP contribution in [0.5, 0.6) is 11.5 Å². The molecule has 0 aliphatic rings. The normalized spacial score (nSPS) is 10.7. The Morgan fingerprint density at radius 1 is 1.11 bits per heavy atom. The molecule has 0 amide bonds. The van der Waals surface area contributed by atoms with E-state index >= 15 is 0 Å². The number of hydrogen-bond donors (Lipinski definition) is 3. The summed E-state index contributed by atoms with van der Waals surface area (Å²) in [5.41, 5.74) is 0.345. The van der Waals surface area contributed by atoms with Crippen LogP contribution in [0.15, 0.2) is 11.6 Å². The van der Waals surface area contributed by atoms with Gasteiger partial charge in [0.15, 0.2) is 10.9 Å². The molecule has 2 rings (SSSR count). The van der Waals surface area contributed by atoms with Crippen LogP contribution in [0.2, 0.25) is 15.1 Å². The molecule has 19 heavy (non-hydrogen) atoms. The molecule has 1 aromatic carbocycles. The highest BCUT2D eigenvalue weighted by Crippen LogP contribution is 2.46. The van der Waals surface area contributed by atoms with Crippen molar-refractivity contribution in [1.29, 1.82) is 0 Å². The van der Waals surface area contributed by atoms with Gasteiger partial charge in [0.25, 0.3) is 0 Å². The van der Waals surface area contributed by atoms with E-state index in [4.69, 9.17) is 34.8 Å². The number of rotatable bonds is 4. The second kappa shape index (κ2) is 6.05. The number of anilines is 1. The van der Waals surface area contributed by atoms with Crippen molar-refractivity contribution >= 4 is 51.3 Å². The number of benzene rings is 1. The monoisotopic (exact) mass is 338 g/mol. The van der Waals surface area contributed by atoms with Crippen molar-refractivity contribution in [2.45, 2.75) is 6.42 Å². The summed E-state index contributed by atoms with van der Waals surface area (Å²) in [4.78, 5) is 4.06. The standard InChI is InChI=1S/C11H9Cl3N2O2S/c12-6-5(1-2-15-11-16-3-4-19-11)9(17)7(13)8(14)10(6)18/h3-4,17-18H,1-2H2,(H,15,16). The van der Waals surface area contributed by atoms with Crippen LogP contribution in [0.25, 0.3) is 0 Å². The van der Waals surface area contributed by atoms with Crippen LogP contribution in [0.3, 0.4) is 0 Å². The van der Waals surface area contributed by atoms with E-state index in [0.29, 0.717) is 18.5 Å². The lowest BCUT2D eigenvalue weighted by Crippen LogP contribution is -2.05. The summed E-state index contributed by atoms with van der Waals surface area (Å²) in [7, 11) is 0. The second-order valence-electron chi connectivity index (χ2n) is 3.63. The molecule has 0 saturated carbocycles. The third kappa shape index (κ3) is 3.00. The Bertz CT molecular complexity index is 561. The molecule has 0 saturated heterocycles. The first-order valence-electron chi connectivity index (χ1n) is 5.23. The summed E-state index contributed by atoms with van der Waals surface area (Å²) in [5.74, 6) is -0.536. The lowest BCUT2D eigenvalue weighted by molar-refractivity contribution is 0.455. The zero-order chi connectivity index (χ0) is 14.0. The fraction of sp³-hybridized carbons (Fsp3) is 0.182. The lowest BCUT2D eigenvalue weighted by Gasteiger charge is -2.12. The molecule has 8 heteroatoms. The van der Waals surface area contributed by atoms with Crippen LogP contribution < -0.4 is 5.32 Å². The maximum Gasteiger partial charge on any atom is 0.182 e. The zero-order valence-corrected chi connectivity index (χ0v) is 12.5. The Balaban J connectivity index is 2.16. The fourth-order valence-corrected chi connectivity index (χ4v) is 2.79. The van der Waals surface area contributed by atoms with Gasteiger partial charge in [-0.3, -0.25) is 0 Å². The van der Waals surface area contributed by atoms with Crippen LogP contribution in [0.1, 0.15) is 5.56 Å². The smallest absolute Gasteiger partial charge is 0.182 e. The summed E-state index contributed by atoms with van der Waals surface area (Å²) >= 11 is 18.9. The SMILES string of the molecule is Oc1c(Cl)c(Cl)c(O)c(CCNc2nccs2)c1Cl. The zero-order valence-electron chi connectivity index (χ0n) is 9.45. The van der Waals surface area contributed by atoms with Gasteiger partial charge in [0, 0.05) is 23.7 Å². The molecule has 0 aliphatic heterocycles. The second-order valence-corrected chi connectivity index (χ2v) is 5.66. The van der Waals surface area contributed by atoms with Crippen molar-refractivity contribution in [2.24, 2.45) is 0 Å². The first kappa shape index (κ1) is 14.5. The minimum Gasteiger partial charge on any atom is -0.506 e. The molecule has 0 fully saturated rings. The molecule has 0 spiro atoms. The number of hydrogen-bond acceptors (Lipinski definition) is 5. The van der Waals surface area contributed by atoms with Crippen molar-refractivity contribution in [3.8, 4) is 11.5 Å². The largest absolute Gasteiger partial charge is 0.506 e. The summed E-state index contributed by atoms with van der Waals surface area (Å²) < 4.78 is 0. The number of aromatic hydroxyl groups is 2. The van der Waals surface area contributed by atoms with E-state index in [9.17, 15) is 10.2 Å². The molecule has 1 heterocycles. The predicted octanol–water partition coefficient (Wildman–Crippen LogP) is 4.17. The van der Waals surface area contributed by atoms with Crippen molar-refractivity contribution in [1.82, 2.24) is 4.98 Å². The molecule has 3 N–H and O–H groups in total. The molecule has 0 atom stereocenters.